The van der Waals surface area contributed by atoms with E-state index in [2.05, 4.69) is 26.1 Å². The van der Waals surface area contributed by atoms with Crippen molar-refractivity contribution in [3.8, 4) is 5.69 Å². The molecule has 0 atom stereocenters. The monoisotopic (exact) mass is 485 g/mol. The molecule has 0 fully saturated rings. The van der Waals surface area contributed by atoms with E-state index < -0.39 is 10.5 Å². The summed E-state index contributed by atoms with van der Waals surface area (Å²) < 4.78 is 37.1. The minimum atomic E-state index is -5.17. The van der Waals surface area contributed by atoms with Crippen LogP contribution in [0.1, 0.15) is 5.56 Å². The minimum absolute atomic E-state index is 0.725. The van der Waals surface area contributed by atoms with Crippen molar-refractivity contribution in [3.05, 3.63) is 93.5 Å². The van der Waals surface area contributed by atoms with E-state index in [4.69, 9.17) is 24.6 Å². The van der Waals surface area contributed by atoms with Gasteiger partial charge >= 0.3 is 10.5 Å². The first kappa shape index (κ1) is 22.0. The van der Waals surface area contributed by atoms with Crippen LogP contribution in [-0.4, -0.2) is 23.8 Å². The lowest BCUT2D eigenvalue weighted by Gasteiger charge is -2.05. The van der Waals surface area contributed by atoms with Crippen molar-refractivity contribution in [2.24, 2.45) is 10.2 Å². The van der Waals surface area contributed by atoms with E-state index in [1.165, 1.54) is 0 Å². The zero-order valence-electron chi connectivity index (χ0n) is 14.2. The van der Waals surface area contributed by atoms with E-state index in [0.29, 0.717) is 0 Å². The largest absolute Gasteiger partial charge is 0.435 e. The van der Waals surface area contributed by atoms with E-state index >= 15 is 0 Å². The maximum absolute atomic E-state index is 10.2. The van der Waals surface area contributed by atoms with Crippen molar-refractivity contribution in [2.45, 2.75) is 0 Å². The number of halogens is 3. The molecule has 0 aliphatic heterocycles. The van der Waals surface area contributed by atoms with Crippen LogP contribution in [0.3, 0.4) is 0 Å². The second-order valence-corrected chi connectivity index (χ2v) is 7.42. The Morgan fingerprint density at radius 3 is 2.07 bits per heavy atom. The van der Waals surface area contributed by atoms with Gasteiger partial charge in [-0.3, -0.25) is 4.55 Å². The average molecular weight is 487 g/mol. The van der Waals surface area contributed by atoms with E-state index in [-0.39, 0.29) is 0 Å². The molecule has 3 aromatic rings. The van der Waals surface area contributed by atoms with Crippen molar-refractivity contribution in [3.63, 3.8) is 0 Å². The maximum Gasteiger partial charge on any atom is 0.435 e. The Morgan fingerprint density at radius 1 is 1.00 bits per heavy atom. The van der Waals surface area contributed by atoms with Crippen LogP contribution in [0.4, 0.5) is 3.89 Å². The van der Waals surface area contributed by atoms with Crippen LogP contribution in [-0.2, 0) is 10.5 Å². The molecular weight excluding hydrogens is 473 g/mol. The summed E-state index contributed by atoms with van der Waals surface area (Å²) in [4.78, 5) is 0. The fraction of sp³-hybridized carbons (Fsp3) is 0. The van der Waals surface area contributed by atoms with Gasteiger partial charge in [0.2, 0.25) is 0 Å². The Hall–Kier alpha value is -2.33. The second kappa shape index (κ2) is 10.3. The van der Waals surface area contributed by atoms with Gasteiger partial charge in [-0.25, -0.2) is 0 Å². The predicted molar refractivity (Wildman–Crippen MR) is 111 cm³/mol. The van der Waals surface area contributed by atoms with E-state index in [9.17, 15) is 3.89 Å². The Labute approximate surface area is 174 Å². The third-order valence-corrected chi connectivity index (χ3v) is 3.97. The smallest absolute Gasteiger partial charge is 0.324 e. The zero-order chi connectivity index (χ0) is 20.6. The van der Waals surface area contributed by atoms with Gasteiger partial charge in [0, 0.05) is 27.6 Å². The number of pyridine rings is 1. The summed E-state index contributed by atoms with van der Waals surface area (Å²) in [5.74, 6) is 0. The van der Waals surface area contributed by atoms with Gasteiger partial charge in [-0.05, 0) is 54.1 Å². The fourth-order valence-corrected chi connectivity index (χ4v) is 2.37. The molecule has 28 heavy (non-hydrogen) atoms. The molecule has 1 heterocycles. The summed E-state index contributed by atoms with van der Waals surface area (Å²) in [6, 6.07) is 19.4. The Bertz CT molecular complexity index is 1090. The summed E-state index contributed by atoms with van der Waals surface area (Å²) in [6.45, 7) is 0. The van der Waals surface area contributed by atoms with Crippen molar-refractivity contribution in [1.29, 1.82) is 0 Å². The van der Waals surface area contributed by atoms with Gasteiger partial charge in [-0.15, -0.1) is 0 Å². The van der Waals surface area contributed by atoms with Crippen LogP contribution in [0.25, 0.3) is 5.69 Å². The molecule has 0 saturated heterocycles. The summed E-state index contributed by atoms with van der Waals surface area (Å²) in [5.41, 5.74) is 2.04. The summed E-state index contributed by atoms with van der Waals surface area (Å²) in [7, 11) is -5.17. The first-order chi connectivity index (χ1) is 13.2. The summed E-state index contributed by atoms with van der Waals surface area (Å²) >= 11 is 9.30. The average Bonchev–Trinajstić information content (AvgIpc) is 2.63. The van der Waals surface area contributed by atoms with Gasteiger partial charge < -0.3 is 4.57 Å². The molecule has 2 aromatic carbocycles. The molecular formula is C18H14BrClFN3O3S. The SMILES string of the molecule is Clc1ccc(-n2ccc(=NN=Cc3ccc(Br)cc3)cc2)cc1.O=S(=O)(O)F. The zero-order valence-corrected chi connectivity index (χ0v) is 17.3. The van der Waals surface area contributed by atoms with Crippen LogP contribution < -0.4 is 5.36 Å². The summed E-state index contributed by atoms with van der Waals surface area (Å²) in [6.07, 6.45) is 5.61. The van der Waals surface area contributed by atoms with Crippen LogP contribution in [0, 0.1) is 0 Å². The molecule has 1 aromatic heterocycles. The molecule has 0 unspecified atom stereocenters. The predicted octanol–water partition coefficient (Wildman–Crippen LogP) is 4.59. The van der Waals surface area contributed by atoms with Crippen LogP contribution in [0.5, 0.6) is 0 Å². The first-order valence-corrected chi connectivity index (χ1v) is 10.2. The highest BCUT2D eigenvalue weighted by Crippen LogP contribution is 2.12. The van der Waals surface area contributed by atoms with Crippen molar-refractivity contribution >= 4 is 44.2 Å². The number of hydrogen-bond donors (Lipinski definition) is 1. The first-order valence-electron chi connectivity index (χ1n) is 7.65. The van der Waals surface area contributed by atoms with Gasteiger partial charge in [0.05, 0.1) is 11.6 Å². The quantitative estimate of drug-likeness (QED) is 0.254. The van der Waals surface area contributed by atoms with E-state index in [0.717, 1.165) is 26.1 Å². The highest BCUT2D eigenvalue weighted by atomic mass is 79.9. The number of benzene rings is 2. The fourth-order valence-electron chi connectivity index (χ4n) is 1.98. The molecule has 1 N–H and O–H groups in total. The maximum atomic E-state index is 10.2. The molecule has 0 radical (unpaired) electrons. The van der Waals surface area contributed by atoms with Crippen molar-refractivity contribution in [1.82, 2.24) is 4.57 Å². The molecule has 0 bridgehead atoms. The lowest BCUT2D eigenvalue weighted by atomic mass is 10.2. The van der Waals surface area contributed by atoms with Crippen LogP contribution in [0.2, 0.25) is 5.02 Å². The minimum Gasteiger partial charge on any atom is -0.324 e. The number of aromatic nitrogens is 1. The Balaban J connectivity index is 0.000000500. The lowest BCUT2D eigenvalue weighted by Crippen LogP contribution is -2.03. The molecule has 0 amide bonds. The number of nitrogens with zero attached hydrogens (tertiary/aromatic N) is 3. The van der Waals surface area contributed by atoms with Crippen LogP contribution in [0.15, 0.2) is 87.7 Å². The highest BCUT2D eigenvalue weighted by molar-refractivity contribution is 9.10. The normalized spacial score (nSPS) is 11.0. The van der Waals surface area contributed by atoms with Gasteiger partial charge in [0.1, 0.15) is 0 Å². The van der Waals surface area contributed by atoms with Crippen molar-refractivity contribution < 1.29 is 16.9 Å². The topological polar surface area (TPSA) is 84.0 Å². The number of hydrogen-bond acceptors (Lipinski definition) is 4. The molecule has 0 aliphatic rings. The summed E-state index contributed by atoms with van der Waals surface area (Å²) in [5, 5.41) is 9.83. The molecule has 146 valence electrons. The Kier molecular flexibility index (Phi) is 8.06. The van der Waals surface area contributed by atoms with Gasteiger partial charge in [0.25, 0.3) is 0 Å². The lowest BCUT2D eigenvalue weighted by molar-refractivity contribution is 0.435. The molecule has 10 heteroatoms. The second-order valence-electron chi connectivity index (χ2n) is 5.25. The van der Waals surface area contributed by atoms with Gasteiger partial charge in [-0.1, -0.05) is 43.5 Å². The molecule has 6 nitrogen and oxygen atoms in total. The molecule has 3 rings (SSSR count). The van der Waals surface area contributed by atoms with E-state index in [1.54, 1.807) is 6.21 Å². The van der Waals surface area contributed by atoms with Crippen molar-refractivity contribution in [2.75, 3.05) is 0 Å². The standard InChI is InChI=1S/C18H13BrClN3.FHO3S/c19-15-3-1-14(2-4-15)13-21-22-17-9-11-23(12-10-17)18-7-5-16(20)6-8-18;1-5(2,3)4/h1-13H;(H,2,3,4). The molecule has 0 aliphatic carbocycles. The third kappa shape index (κ3) is 8.57. The van der Waals surface area contributed by atoms with Gasteiger partial charge in [-0.2, -0.15) is 18.6 Å². The van der Waals surface area contributed by atoms with E-state index in [1.807, 2.05) is 77.6 Å². The third-order valence-electron chi connectivity index (χ3n) is 3.19. The molecule has 0 saturated carbocycles. The number of rotatable bonds is 3. The highest BCUT2D eigenvalue weighted by Gasteiger charge is 1.94. The van der Waals surface area contributed by atoms with Gasteiger partial charge in [0.15, 0.2) is 0 Å². The molecule has 0 spiro atoms. The Morgan fingerprint density at radius 2 is 1.54 bits per heavy atom. The van der Waals surface area contributed by atoms with Crippen LogP contribution >= 0.6 is 27.5 Å².